The van der Waals surface area contributed by atoms with Crippen LogP contribution in [0.2, 0.25) is 10.2 Å². The Labute approximate surface area is 189 Å². The largest absolute Gasteiger partial charge is 0.491 e. The number of carbonyl (C=O) groups is 1. The van der Waals surface area contributed by atoms with Gasteiger partial charge in [0.1, 0.15) is 10.9 Å². The zero-order chi connectivity index (χ0) is 21.6. The van der Waals surface area contributed by atoms with Gasteiger partial charge in [0.2, 0.25) is 5.65 Å². The van der Waals surface area contributed by atoms with Gasteiger partial charge in [-0.2, -0.15) is 4.98 Å². The van der Waals surface area contributed by atoms with E-state index in [2.05, 4.69) is 16.9 Å². The number of hydrogen-bond acceptors (Lipinski definition) is 6. The van der Waals surface area contributed by atoms with E-state index in [0.717, 1.165) is 0 Å². The summed E-state index contributed by atoms with van der Waals surface area (Å²) in [5.41, 5.74) is 1.90. The summed E-state index contributed by atoms with van der Waals surface area (Å²) in [6, 6.07) is 9.17. The predicted octanol–water partition coefficient (Wildman–Crippen LogP) is 4.67. The normalized spacial score (nSPS) is 17.8. The fraction of sp³-hybridized carbons (Fsp3) is 0.409. The molecular formula is C22H22Cl2N4O3. The smallest absolute Gasteiger partial charge is 0.300 e. The average molecular weight is 461 g/mol. The zero-order valence-corrected chi connectivity index (χ0v) is 18.6. The molecule has 1 aliphatic heterocycles. The van der Waals surface area contributed by atoms with Crippen LogP contribution in [0, 0.1) is 5.41 Å². The first-order valence-electron chi connectivity index (χ1n) is 10.3. The molecule has 0 bridgehead atoms. The number of fused-ring (bicyclic) bond motifs is 1. The molecule has 3 heterocycles. The third kappa shape index (κ3) is 4.29. The molecule has 162 valence electrons. The van der Waals surface area contributed by atoms with Crippen LogP contribution in [0.5, 0.6) is 5.75 Å². The number of pyridine rings is 1. The van der Waals surface area contributed by atoms with Crippen LogP contribution in [-0.4, -0.2) is 53.6 Å². The van der Waals surface area contributed by atoms with E-state index in [1.165, 1.54) is 12.8 Å². The number of ether oxygens (including phenoxy) is 1. The van der Waals surface area contributed by atoms with Gasteiger partial charge in [0.05, 0.1) is 11.6 Å². The van der Waals surface area contributed by atoms with E-state index in [0.29, 0.717) is 71.5 Å². The molecule has 0 radical (unpaired) electrons. The number of oxazole rings is 1. The predicted molar refractivity (Wildman–Crippen MR) is 119 cm³/mol. The number of amides is 1. The van der Waals surface area contributed by atoms with Crippen molar-refractivity contribution in [2.75, 3.05) is 37.7 Å². The lowest BCUT2D eigenvalue weighted by Gasteiger charge is -2.33. The maximum atomic E-state index is 13.0. The second-order valence-electron chi connectivity index (χ2n) is 8.48. The molecule has 1 saturated heterocycles. The lowest BCUT2D eigenvalue weighted by Crippen LogP contribution is -2.48. The molecule has 0 atom stereocenters. The zero-order valence-electron chi connectivity index (χ0n) is 17.1. The second-order valence-corrected chi connectivity index (χ2v) is 9.27. The minimum atomic E-state index is -0.0479. The Morgan fingerprint density at radius 1 is 1.13 bits per heavy atom. The Morgan fingerprint density at radius 2 is 1.90 bits per heavy atom. The number of rotatable bonds is 5. The van der Waals surface area contributed by atoms with Crippen molar-refractivity contribution in [3.05, 3.63) is 46.1 Å². The van der Waals surface area contributed by atoms with Crippen LogP contribution in [0.4, 0.5) is 6.01 Å². The highest BCUT2D eigenvalue weighted by Crippen LogP contribution is 2.45. The molecule has 0 spiro atoms. The van der Waals surface area contributed by atoms with E-state index in [4.69, 9.17) is 32.4 Å². The van der Waals surface area contributed by atoms with Crippen LogP contribution in [0.3, 0.4) is 0 Å². The molecule has 1 aromatic carbocycles. The van der Waals surface area contributed by atoms with Crippen molar-refractivity contribution >= 4 is 46.4 Å². The number of piperazine rings is 1. The Balaban J connectivity index is 1.21. The van der Waals surface area contributed by atoms with Crippen molar-refractivity contribution in [1.82, 2.24) is 14.9 Å². The quantitative estimate of drug-likeness (QED) is 0.515. The summed E-state index contributed by atoms with van der Waals surface area (Å²) in [5.74, 6) is 0.578. The van der Waals surface area contributed by atoms with Gasteiger partial charge in [-0.05, 0) is 43.2 Å². The second kappa shape index (κ2) is 7.88. The van der Waals surface area contributed by atoms with Crippen molar-refractivity contribution in [1.29, 1.82) is 0 Å². The van der Waals surface area contributed by atoms with Crippen LogP contribution < -0.4 is 9.64 Å². The summed E-state index contributed by atoms with van der Waals surface area (Å²) in [4.78, 5) is 25.3. The number of anilines is 1. The maximum absolute atomic E-state index is 13.0. The van der Waals surface area contributed by atoms with Crippen molar-refractivity contribution in [2.24, 2.45) is 5.41 Å². The lowest BCUT2D eigenvalue weighted by atomic mass is 10.1. The fourth-order valence-electron chi connectivity index (χ4n) is 3.56. The Bertz CT molecular complexity index is 1140. The Hall–Kier alpha value is -2.51. The van der Waals surface area contributed by atoms with Gasteiger partial charge in [-0.1, -0.05) is 30.1 Å². The molecule has 3 aromatic rings. The molecule has 1 saturated carbocycles. The van der Waals surface area contributed by atoms with Crippen LogP contribution in [0.1, 0.15) is 30.1 Å². The van der Waals surface area contributed by atoms with Crippen molar-refractivity contribution in [3.63, 3.8) is 0 Å². The first-order valence-corrected chi connectivity index (χ1v) is 11.1. The average Bonchev–Trinajstić information content (AvgIpc) is 3.36. The van der Waals surface area contributed by atoms with Gasteiger partial charge in [-0.3, -0.25) is 4.79 Å². The van der Waals surface area contributed by atoms with E-state index in [9.17, 15) is 4.79 Å². The van der Waals surface area contributed by atoms with E-state index in [-0.39, 0.29) is 11.3 Å². The standard InChI is InChI=1S/C22H22Cl2N4O3/c1-22(6-7-22)13-30-16-3-2-14(12-15(16)23)20(29)27-8-10-28(11-9-27)21-26-19-17(31-21)4-5-18(24)25-19/h2-5,12H,6-11,13H2,1H3. The van der Waals surface area contributed by atoms with Crippen molar-refractivity contribution < 1.29 is 13.9 Å². The minimum absolute atomic E-state index is 0.0479. The molecule has 0 unspecified atom stereocenters. The number of carbonyl (C=O) groups excluding carboxylic acids is 1. The van der Waals surface area contributed by atoms with Crippen molar-refractivity contribution in [3.8, 4) is 5.75 Å². The number of aromatic nitrogens is 2. The molecule has 2 fully saturated rings. The number of benzene rings is 1. The summed E-state index contributed by atoms with van der Waals surface area (Å²) in [7, 11) is 0. The SMILES string of the molecule is CC1(COc2ccc(C(=O)N3CCN(c4nc5nc(Cl)ccc5o4)CC3)cc2Cl)CC1. The van der Waals surface area contributed by atoms with Gasteiger partial charge in [0.25, 0.3) is 11.9 Å². The van der Waals surface area contributed by atoms with Crippen LogP contribution in [0.25, 0.3) is 11.2 Å². The monoisotopic (exact) mass is 460 g/mol. The number of halogens is 2. The molecule has 1 amide bonds. The Morgan fingerprint density at radius 3 is 2.61 bits per heavy atom. The highest BCUT2D eigenvalue weighted by Gasteiger charge is 2.38. The highest BCUT2D eigenvalue weighted by molar-refractivity contribution is 6.32. The molecular weight excluding hydrogens is 439 g/mol. The molecule has 2 aromatic heterocycles. The third-order valence-electron chi connectivity index (χ3n) is 5.90. The summed E-state index contributed by atoms with van der Waals surface area (Å²) < 4.78 is 11.6. The van der Waals surface area contributed by atoms with Gasteiger partial charge in [-0.15, -0.1) is 0 Å². The van der Waals surface area contributed by atoms with E-state index < -0.39 is 0 Å². The molecule has 1 aliphatic carbocycles. The van der Waals surface area contributed by atoms with E-state index >= 15 is 0 Å². The van der Waals surface area contributed by atoms with Crippen LogP contribution in [-0.2, 0) is 0 Å². The molecule has 0 N–H and O–H groups in total. The van der Waals surface area contributed by atoms with E-state index in [1.54, 1.807) is 30.3 Å². The fourth-order valence-corrected chi connectivity index (χ4v) is 3.94. The lowest BCUT2D eigenvalue weighted by molar-refractivity contribution is 0.0745. The molecule has 7 nitrogen and oxygen atoms in total. The maximum Gasteiger partial charge on any atom is 0.300 e. The minimum Gasteiger partial charge on any atom is -0.491 e. The van der Waals surface area contributed by atoms with Gasteiger partial charge in [0.15, 0.2) is 5.58 Å². The summed E-state index contributed by atoms with van der Waals surface area (Å²) in [6.45, 7) is 5.18. The van der Waals surface area contributed by atoms with Gasteiger partial charge < -0.3 is 19.0 Å². The van der Waals surface area contributed by atoms with Crippen molar-refractivity contribution in [2.45, 2.75) is 19.8 Å². The van der Waals surface area contributed by atoms with E-state index in [1.807, 2.05) is 9.80 Å². The molecule has 9 heteroatoms. The first kappa shape index (κ1) is 20.4. The third-order valence-corrected chi connectivity index (χ3v) is 6.41. The van der Waals surface area contributed by atoms with Gasteiger partial charge in [-0.25, -0.2) is 4.98 Å². The topological polar surface area (TPSA) is 71.7 Å². The van der Waals surface area contributed by atoms with Crippen LogP contribution >= 0.6 is 23.2 Å². The van der Waals surface area contributed by atoms with Gasteiger partial charge in [0, 0.05) is 37.2 Å². The van der Waals surface area contributed by atoms with Crippen LogP contribution in [0.15, 0.2) is 34.7 Å². The summed E-state index contributed by atoms with van der Waals surface area (Å²) in [6.07, 6.45) is 2.36. The number of hydrogen-bond donors (Lipinski definition) is 0. The highest BCUT2D eigenvalue weighted by atomic mass is 35.5. The molecule has 2 aliphatic rings. The Kier molecular flexibility index (Phi) is 5.18. The summed E-state index contributed by atoms with van der Waals surface area (Å²) in [5, 5.41) is 0.839. The number of nitrogens with zero attached hydrogens (tertiary/aromatic N) is 4. The summed E-state index contributed by atoms with van der Waals surface area (Å²) >= 11 is 12.3. The molecule has 5 rings (SSSR count). The molecule has 31 heavy (non-hydrogen) atoms. The van der Waals surface area contributed by atoms with Gasteiger partial charge >= 0.3 is 0 Å². The first-order chi connectivity index (χ1) is 14.9.